The Labute approximate surface area is 129 Å². The van der Waals surface area contributed by atoms with Gasteiger partial charge in [0.15, 0.2) is 5.78 Å². The first-order valence-electron chi connectivity index (χ1n) is 7.24. The third-order valence-electron chi connectivity index (χ3n) is 4.34. The average Bonchev–Trinajstić information content (AvgIpc) is 2.83. The topological polar surface area (TPSA) is 74.8 Å². The number of amides is 1. The van der Waals surface area contributed by atoms with E-state index in [1.807, 2.05) is 12.1 Å². The van der Waals surface area contributed by atoms with Gasteiger partial charge in [-0.3, -0.25) is 9.59 Å². The predicted molar refractivity (Wildman–Crippen MR) is 81.1 cm³/mol. The third-order valence-corrected chi connectivity index (χ3v) is 5.65. The Hall–Kier alpha value is -1.73. The number of nitrogens with zero attached hydrogens (tertiary/aromatic N) is 2. The first-order chi connectivity index (χ1) is 10.4. The monoisotopic (exact) mass is 322 g/mol. The molecule has 22 heavy (non-hydrogen) atoms. The minimum Gasteiger partial charge on any atom is -0.340 e. The molecule has 0 bridgehead atoms. The molecule has 1 heterocycles. The van der Waals surface area contributed by atoms with Gasteiger partial charge in [0.25, 0.3) is 0 Å². The maximum atomic E-state index is 12.7. The number of sulfonamides is 1. The molecule has 1 saturated heterocycles. The fraction of sp³-hybridized carbons (Fsp3) is 0.467. The van der Waals surface area contributed by atoms with Crippen LogP contribution >= 0.6 is 0 Å². The first kappa shape index (κ1) is 15.2. The molecule has 1 aromatic rings. The van der Waals surface area contributed by atoms with Gasteiger partial charge in [-0.15, -0.1) is 0 Å². The van der Waals surface area contributed by atoms with Crippen molar-refractivity contribution < 1.29 is 18.0 Å². The Morgan fingerprint density at radius 2 is 1.77 bits per heavy atom. The zero-order valence-corrected chi connectivity index (χ0v) is 13.2. The Balaban J connectivity index is 1.73. The number of carbonyl (C=O) groups excluding carboxylic acids is 2. The van der Waals surface area contributed by atoms with Crippen molar-refractivity contribution in [2.75, 3.05) is 32.4 Å². The van der Waals surface area contributed by atoms with Gasteiger partial charge in [-0.1, -0.05) is 24.3 Å². The molecule has 0 radical (unpaired) electrons. The summed E-state index contributed by atoms with van der Waals surface area (Å²) in [6, 6.07) is 7.22. The van der Waals surface area contributed by atoms with Gasteiger partial charge < -0.3 is 4.90 Å². The fourth-order valence-corrected chi connectivity index (χ4v) is 3.97. The molecule has 0 saturated carbocycles. The molecule has 6 nitrogen and oxygen atoms in total. The number of piperazine rings is 1. The van der Waals surface area contributed by atoms with Crippen molar-refractivity contribution in [1.29, 1.82) is 0 Å². The molecule has 1 amide bonds. The molecule has 1 aromatic carbocycles. The molecule has 7 heteroatoms. The fourth-order valence-electron chi connectivity index (χ4n) is 3.14. The van der Waals surface area contributed by atoms with Crippen LogP contribution in [0.15, 0.2) is 24.3 Å². The Kier molecular flexibility index (Phi) is 3.78. The van der Waals surface area contributed by atoms with E-state index in [0.29, 0.717) is 31.7 Å². The van der Waals surface area contributed by atoms with E-state index >= 15 is 0 Å². The summed E-state index contributed by atoms with van der Waals surface area (Å²) in [6.07, 6.45) is 1.39. The number of hydrogen-bond donors (Lipinski definition) is 0. The standard InChI is InChI=1S/C15H18N2O4S/c1-22(20,21)17-8-6-16(7-9-17)15(19)13-10-14(18)12-5-3-2-4-11(12)13/h2-5,13H,6-10H2,1H3/t13-/m1/s1. The number of fused-ring (bicyclic) bond motifs is 1. The molecule has 118 valence electrons. The zero-order valence-electron chi connectivity index (χ0n) is 12.4. The molecule has 1 aliphatic carbocycles. The maximum absolute atomic E-state index is 12.7. The van der Waals surface area contributed by atoms with Crippen LogP contribution in [0.25, 0.3) is 0 Å². The Bertz CT molecular complexity index is 721. The number of ketones is 1. The summed E-state index contributed by atoms with van der Waals surface area (Å²) in [7, 11) is -3.21. The highest BCUT2D eigenvalue weighted by atomic mass is 32.2. The lowest BCUT2D eigenvalue weighted by Crippen LogP contribution is -2.51. The van der Waals surface area contributed by atoms with Crippen LogP contribution in [0.3, 0.4) is 0 Å². The van der Waals surface area contributed by atoms with Crippen LogP contribution < -0.4 is 0 Å². The predicted octanol–water partition coefficient (Wildman–Crippen LogP) is 0.460. The van der Waals surface area contributed by atoms with Crippen molar-refractivity contribution in [2.45, 2.75) is 12.3 Å². The minimum atomic E-state index is -3.21. The van der Waals surface area contributed by atoms with E-state index in [1.54, 1.807) is 17.0 Å². The molecular weight excluding hydrogens is 304 g/mol. The van der Waals surface area contributed by atoms with Gasteiger partial charge in [0, 0.05) is 38.2 Å². The number of Topliss-reactive ketones (excluding diaryl/α,β-unsaturated/α-hetero) is 1. The normalized spacial score (nSPS) is 22.7. The van der Waals surface area contributed by atoms with Crippen LogP contribution in [0, 0.1) is 0 Å². The molecular formula is C15H18N2O4S. The van der Waals surface area contributed by atoms with E-state index < -0.39 is 15.9 Å². The number of rotatable bonds is 2. The second-order valence-corrected chi connectivity index (χ2v) is 7.74. The summed E-state index contributed by atoms with van der Waals surface area (Å²) in [4.78, 5) is 26.3. The summed E-state index contributed by atoms with van der Waals surface area (Å²) in [5.41, 5.74) is 1.43. The quantitative estimate of drug-likeness (QED) is 0.793. The van der Waals surface area contributed by atoms with Gasteiger partial charge in [0.1, 0.15) is 0 Å². The summed E-state index contributed by atoms with van der Waals surface area (Å²) >= 11 is 0. The van der Waals surface area contributed by atoms with Crippen LogP contribution in [0.1, 0.15) is 28.3 Å². The summed E-state index contributed by atoms with van der Waals surface area (Å²) in [5.74, 6) is -0.497. The van der Waals surface area contributed by atoms with Gasteiger partial charge >= 0.3 is 0 Å². The number of hydrogen-bond acceptors (Lipinski definition) is 4. The van der Waals surface area contributed by atoms with E-state index in [-0.39, 0.29) is 18.1 Å². The Morgan fingerprint density at radius 3 is 2.41 bits per heavy atom. The van der Waals surface area contributed by atoms with E-state index in [0.717, 1.165) is 5.56 Å². The molecule has 0 aromatic heterocycles. The maximum Gasteiger partial charge on any atom is 0.230 e. The lowest BCUT2D eigenvalue weighted by atomic mass is 9.99. The highest BCUT2D eigenvalue weighted by Crippen LogP contribution is 2.34. The van der Waals surface area contributed by atoms with Crippen molar-refractivity contribution in [3.8, 4) is 0 Å². The summed E-state index contributed by atoms with van der Waals surface area (Å²) in [6.45, 7) is 1.37. The van der Waals surface area contributed by atoms with Crippen molar-refractivity contribution in [2.24, 2.45) is 0 Å². The molecule has 1 aliphatic heterocycles. The first-order valence-corrected chi connectivity index (χ1v) is 9.09. The lowest BCUT2D eigenvalue weighted by molar-refractivity contribution is -0.133. The smallest absolute Gasteiger partial charge is 0.230 e. The summed E-state index contributed by atoms with van der Waals surface area (Å²) in [5, 5.41) is 0. The van der Waals surface area contributed by atoms with E-state index in [9.17, 15) is 18.0 Å². The Morgan fingerprint density at radius 1 is 1.14 bits per heavy atom. The highest BCUT2D eigenvalue weighted by molar-refractivity contribution is 7.88. The molecule has 0 unspecified atom stereocenters. The second-order valence-electron chi connectivity index (χ2n) is 5.75. The van der Waals surface area contributed by atoms with Crippen molar-refractivity contribution >= 4 is 21.7 Å². The lowest BCUT2D eigenvalue weighted by Gasteiger charge is -2.34. The molecule has 3 rings (SSSR count). The average molecular weight is 322 g/mol. The van der Waals surface area contributed by atoms with Crippen molar-refractivity contribution in [3.05, 3.63) is 35.4 Å². The minimum absolute atomic E-state index is 0.00345. The van der Waals surface area contributed by atoms with Crippen LogP contribution in [-0.4, -0.2) is 61.7 Å². The molecule has 1 atom stereocenters. The van der Waals surface area contributed by atoms with Crippen molar-refractivity contribution in [3.63, 3.8) is 0 Å². The highest BCUT2D eigenvalue weighted by Gasteiger charge is 2.37. The number of carbonyl (C=O) groups is 2. The van der Waals surface area contributed by atoms with Crippen LogP contribution in [-0.2, 0) is 14.8 Å². The summed E-state index contributed by atoms with van der Waals surface area (Å²) < 4.78 is 24.4. The van der Waals surface area contributed by atoms with Gasteiger partial charge in [0.2, 0.25) is 15.9 Å². The molecule has 2 aliphatic rings. The SMILES string of the molecule is CS(=O)(=O)N1CCN(C(=O)[C@@H]2CC(=O)c3ccccc32)CC1. The van der Waals surface area contributed by atoms with Gasteiger partial charge in [-0.05, 0) is 5.56 Å². The number of benzene rings is 1. The zero-order chi connectivity index (χ0) is 15.9. The van der Waals surface area contributed by atoms with E-state index in [1.165, 1.54) is 10.6 Å². The van der Waals surface area contributed by atoms with E-state index in [4.69, 9.17) is 0 Å². The molecule has 0 spiro atoms. The van der Waals surface area contributed by atoms with Crippen LogP contribution in [0.4, 0.5) is 0 Å². The van der Waals surface area contributed by atoms with E-state index in [2.05, 4.69) is 0 Å². The molecule has 0 N–H and O–H groups in total. The second kappa shape index (κ2) is 5.48. The molecule has 1 fully saturated rings. The van der Waals surface area contributed by atoms with Crippen LogP contribution in [0.2, 0.25) is 0 Å². The van der Waals surface area contributed by atoms with Gasteiger partial charge in [-0.25, -0.2) is 8.42 Å². The largest absolute Gasteiger partial charge is 0.340 e. The van der Waals surface area contributed by atoms with Gasteiger partial charge in [-0.2, -0.15) is 4.31 Å². The van der Waals surface area contributed by atoms with Crippen LogP contribution in [0.5, 0.6) is 0 Å². The van der Waals surface area contributed by atoms with Crippen molar-refractivity contribution in [1.82, 2.24) is 9.21 Å². The third kappa shape index (κ3) is 2.66. The van der Waals surface area contributed by atoms with Gasteiger partial charge in [0.05, 0.1) is 12.2 Å².